The number of hydrogen-bond donors (Lipinski definition) is 1. The van der Waals surface area contributed by atoms with Crippen molar-refractivity contribution in [2.24, 2.45) is 0 Å². The van der Waals surface area contributed by atoms with E-state index in [0.29, 0.717) is 6.10 Å². The summed E-state index contributed by atoms with van der Waals surface area (Å²) in [6, 6.07) is 4.19. The molecule has 2 rings (SSSR count). The molecule has 0 radical (unpaired) electrons. The summed E-state index contributed by atoms with van der Waals surface area (Å²) in [6.45, 7) is 3.95. The van der Waals surface area contributed by atoms with E-state index in [1.54, 1.807) is 6.26 Å². The van der Waals surface area contributed by atoms with E-state index in [-0.39, 0.29) is 6.04 Å². The molecule has 15 heavy (non-hydrogen) atoms. The van der Waals surface area contributed by atoms with Crippen LogP contribution in [0, 0.1) is 0 Å². The highest BCUT2D eigenvalue weighted by Gasteiger charge is 2.15. The van der Waals surface area contributed by atoms with E-state index in [4.69, 9.17) is 9.15 Å². The first-order chi connectivity index (χ1) is 7.36. The van der Waals surface area contributed by atoms with Crippen LogP contribution in [-0.4, -0.2) is 19.3 Å². The number of rotatable bonds is 4. The second-order valence-corrected chi connectivity index (χ2v) is 4.13. The normalized spacial score (nSPS) is 23.9. The van der Waals surface area contributed by atoms with E-state index in [1.807, 2.05) is 12.1 Å². The van der Waals surface area contributed by atoms with Crippen LogP contribution in [0.25, 0.3) is 0 Å². The standard InChI is InChI=1S/C12H19NO2/c1-10(12-6-4-8-15-12)13-9-11-5-2-3-7-14-11/h4,6,8,10-11,13H,2-3,5,7,9H2,1H3/t10-,11?/m1/s1. The van der Waals surface area contributed by atoms with Crippen molar-refractivity contribution in [1.29, 1.82) is 0 Å². The first-order valence-corrected chi connectivity index (χ1v) is 5.74. The number of ether oxygens (including phenoxy) is 1. The van der Waals surface area contributed by atoms with Crippen molar-refractivity contribution in [1.82, 2.24) is 5.32 Å². The molecule has 0 saturated carbocycles. The first-order valence-electron chi connectivity index (χ1n) is 5.74. The Morgan fingerprint density at radius 3 is 3.13 bits per heavy atom. The molecule has 1 aromatic heterocycles. The molecule has 1 aromatic rings. The fourth-order valence-corrected chi connectivity index (χ4v) is 1.91. The van der Waals surface area contributed by atoms with Gasteiger partial charge in [0.05, 0.1) is 18.4 Å². The summed E-state index contributed by atoms with van der Waals surface area (Å²) in [5.41, 5.74) is 0. The summed E-state index contributed by atoms with van der Waals surface area (Å²) in [4.78, 5) is 0. The van der Waals surface area contributed by atoms with Gasteiger partial charge >= 0.3 is 0 Å². The molecular weight excluding hydrogens is 190 g/mol. The van der Waals surface area contributed by atoms with Gasteiger partial charge in [0.15, 0.2) is 0 Å². The number of furan rings is 1. The van der Waals surface area contributed by atoms with Gasteiger partial charge in [0.2, 0.25) is 0 Å². The number of nitrogens with one attached hydrogen (secondary N) is 1. The Kier molecular flexibility index (Phi) is 3.80. The summed E-state index contributed by atoms with van der Waals surface area (Å²) >= 11 is 0. The maximum atomic E-state index is 5.65. The molecule has 0 aromatic carbocycles. The Hall–Kier alpha value is -0.800. The molecule has 0 bridgehead atoms. The zero-order chi connectivity index (χ0) is 10.5. The maximum Gasteiger partial charge on any atom is 0.120 e. The molecule has 2 heterocycles. The molecule has 1 N–H and O–H groups in total. The lowest BCUT2D eigenvalue weighted by Gasteiger charge is -2.24. The predicted molar refractivity (Wildman–Crippen MR) is 58.7 cm³/mol. The van der Waals surface area contributed by atoms with Crippen LogP contribution >= 0.6 is 0 Å². The highest BCUT2D eigenvalue weighted by atomic mass is 16.5. The Balaban J connectivity index is 1.73. The van der Waals surface area contributed by atoms with Crippen molar-refractivity contribution in [2.75, 3.05) is 13.2 Å². The third-order valence-corrected chi connectivity index (χ3v) is 2.90. The predicted octanol–water partition coefficient (Wildman–Crippen LogP) is 2.50. The third-order valence-electron chi connectivity index (χ3n) is 2.90. The van der Waals surface area contributed by atoms with Crippen molar-refractivity contribution >= 4 is 0 Å². The largest absolute Gasteiger partial charge is 0.468 e. The Bertz CT molecular complexity index is 265. The van der Waals surface area contributed by atoms with Crippen LogP contribution in [0.4, 0.5) is 0 Å². The average molecular weight is 209 g/mol. The van der Waals surface area contributed by atoms with Crippen LogP contribution in [0.1, 0.15) is 38.0 Å². The second-order valence-electron chi connectivity index (χ2n) is 4.13. The third kappa shape index (κ3) is 3.08. The number of hydrogen-bond acceptors (Lipinski definition) is 3. The van der Waals surface area contributed by atoms with Crippen LogP contribution < -0.4 is 5.32 Å². The lowest BCUT2D eigenvalue weighted by molar-refractivity contribution is 0.0153. The van der Waals surface area contributed by atoms with Crippen molar-refractivity contribution < 1.29 is 9.15 Å². The van der Waals surface area contributed by atoms with Crippen molar-refractivity contribution in [3.63, 3.8) is 0 Å². The van der Waals surface area contributed by atoms with Crippen LogP contribution in [0.2, 0.25) is 0 Å². The molecule has 0 amide bonds. The lowest BCUT2D eigenvalue weighted by atomic mass is 10.1. The molecule has 3 heteroatoms. The minimum absolute atomic E-state index is 0.269. The zero-order valence-corrected chi connectivity index (χ0v) is 9.24. The summed E-state index contributed by atoms with van der Waals surface area (Å²) in [6.07, 6.45) is 5.78. The second kappa shape index (κ2) is 5.33. The van der Waals surface area contributed by atoms with E-state index in [2.05, 4.69) is 12.2 Å². The quantitative estimate of drug-likeness (QED) is 0.827. The van der Waals surface area contributed by atoms with E-state index in [0.717, 1.165) is 18.9 Å². The average Bonchev–Trinajstić information content (AvgIpc) is 2.81. The molecule has 1 saturated heterocycles. The molecular formula is C12H19NO2. The van der Waals surface area contributed by atoms with Crippen molar-refractivity contribution in [3.8, 4) is 0 Å². The van der Waals surface area contributed by atoms with E-state index < -0.39 is 0 Å². The summed E-state index contributed by atoms with van der Waals surface area (Å²) in [5, 5.41) is 3.44. The summed E-state index contributed by atoms with van der Waals surface area (Å²) in [7, 11) is 0. The van der Waals surface area contributed by atoms with Gasteiger partial charge in [0.1, 0.15) is 5.76 Å². The van der Waals surface area contributed by atoms with Gasteiger partial charge in [-0.3, -0.25) is 0 Å². The molecule has 1 fully saturated rings. The molecule has 1 unspecified atom stereocenters. The van der Waals surface area contributed by atoms with Gasteiger partial charge in [0, 0.05) is 13.2 Å². The fraction of sp³-hybridized carbons (Fsp3) is 0.667. The molecule has 0 aliphatic carbocycles. The molecule has 0 spiro atoms. The molecule has 1 aliphatic rings. The van der Waals surface area contributed by atoms with Gasteiger partial charge in [0.25, 0.3) is 0 Å². The molecule has 84 valence electrons. The molecule has 1 aliphatic heterocycles. The molecule has 3 nitrogen and oxygen atoms in total. The van der Waals surface area contributed by atoms with Crippen LogP contribution in [0.5, 0.6) is 0 Å². The Labute approximate surface area is 90.8 Å². The van der Waals surface area contributed by atoms with E-state index in [1.165, 1.54) is 19.3 Å². The smallest absolute Gasteiger partial charge is 0.120 e. The monoisotopic (exact) mass is 209 g/mol. The van der Waals surface area contributed by atoms with Gasteiger partial charge in [-0.25, -0.2) is 0 Å². The zero-order valence-electron chi connectivity index (χ0n) is 9.24. The van der Waals surface area contributed by atoms with Crippen molar-refractivity contribution in [3.05, 3.63) is 24.2 Å². The topological polar surface area (TPSA) is 34.4 Å². The molecule has 2 atom stereocenters. The van der Waals surface area contributed by atoms with E-state index in [9.17, 15) is 0 Å². The highest BCUT2D eigenvalue weighted by molar-refractivity contribution is 5.02. The minimum Gasteiger partial charge on any atom is -0.468 e. The highest BCUT2D eigenvalue weighted by Crippen LogP contribution is 2.15. The van der Waals surface area contributed by atoms with Crippen molar-refractivity contribution in [2.45, 2.75) is 38.3 Å². The van der Waals surface area contributed by atoms with Gasteiger partial charge in [-0.1, -0.05) is 0 Å². The first kappa shape index (κ1) is 10.7. The Morgan fingerprint density at radius 1 is 1.53 bits per heavy atom. The summed E-state index contributed by atoms with van der Waals surface area (Å²) < 4.78 is 11.0. The fourth-order valence-electron chi connectivity index (χ4n) is 1.91. The van der Waals surface area contributed by atoms with Gasteiger partial charge < -0.3 is 14.5 Å². The van der Waals surface area contributed by atoms with Crippen LogP contribution in [0.15, 0.2) is 22.8 Å². The van der Waals surface area contributed by atoms with E-state index >= 15 is 0 Å². The van der Waals surface area contributed by atoms with Gasteiger partial charge in [-0.15, -0.1) is 0 Å². The van der Waals surface area contributed by atoms with Gasteiger partial charge in [-0.05, 0) is 38.3 Å². The SMILES string of the molecule is C[C@@H](NCC1CCCCO1)c1ccco1. The Morgan fingerprint density at radius 2 is 2.47 bits per heavy atom. The minimum atomic E-state index is 0.269. The van der Waals surface area contributed by atoms with Gasteiger partial charge in [-0.2, -0.15) is 0 Å². The summed E-state index contributed by atoms with van der Waals surface area (Å²) in [5.74, 6) is 0.991. The van der Waals surface area contributed by atoms with Crippen LogP contribution in [0.3, 0.4) is 0 Å². The maximum absolute atomic E-state index is 5.65. The van der Waals surface area contributed by atoms with Crippen LogP contribution in [-0.2, 0) is 4.74 Å². The lowest BCUT2D eigenvalue weighted by Crippen LogP contribution is -2.33.